The van der Waals surface area contributed by atoms with Crippen LogP contribution in [-0.4, -0.2) is 19.7 Å². The van der Waals surface area contributed by atoms with Crippen molar-refractivity contribution in [3.05, 3.63) is 29.3 Å². The first-order valence-corrected chi connectivity index (χ1v) is 6.15. The second kappa shape index (κ2) is 5.70. The Bertz CT molecular complexity index is 423. The first-order valence-electron chi connectivity index (χ1n) is 6.15. The monoisotopic (exact) mass is 230 g/mol. The van der Waals surface area contributed by atoms with Gasteiger partial charge in [0.2, 0.25) is 0 Å². The molecule has 3 nitrogen and oxygen atoms in total. The molecular formula is C14H18N2O. The molecule has 1 aromatic rings. The Labute approximate surface area is 102 Å². The van der Waals surface area contributed by atoms with E-state index >= 15 is 0 Å². The molecule has 17 heavy (non-hydrogen) atoms. The lowest BCUT2D eigenvalue weighted by molar-refractivity contribution is 0.294. The number of ether oxygens (including phenoxy) is 1. The van der Waals surface area contributed by atoms with Crippen molar-refractivity contribution in [2.45, 2.75) is 31.7 Å². The third-order valence-electron chi connectivity index (χ3n) is 3.24. The summed E-state index contributed by atoms with van der Waals surface area (Å²) in [7, 11) is 1.77. The topological polar surface area (TPSA) is 45.0 Å². The molecule has 2 rings (SSSR count). The molecule has 1 aromatic carbocycles. The predicted molar refractivity (Wildman–Crippen MR) is 67.0 cm³/mol. The van der Waals surface area contributed by atoms with Crippen molar-refractivity contribution in [1.82, 2.24) is 5.32 Å². The van der Waals surface area contributed by atoms with E-state index in [4.69, 9.17) is 10.00 Å². The summed E-state index contributed by atoms with van der Waals surface area (Å²) in [6.45, 7) is 0.395. The van der Waals surface area contributed by atoms with Crippen LogP contribution in [0.2, 0.25) is 0 Å². The van der Waals surface area contributed by atoms with Crippen molar-refractivity contribution in [2.75, 3.05) is 13.7 Å². The normalized spacial score (nSPS) is 15.8. The molecular weight excluding hydrogens is 212 g/mol. The first kappa shape index (κ1) is 11.9. The number of hydrogen-bond acceptors (Lipinski definition) is 3. The van der Waals surface area contributed by atoms with Crippen LogP contribution in [0.3, 0.4) is 0 Å². The van der Waals surface area contributed by atoms with Crippen molar-refractivity contribution in [2.24, 2.45) is 0 Å². The first-order chi connectivity index (χ1) is 8.33. The van der Waals surface area contributed by atoms with E-state index < -0.39 is 0 Å². The summed E-state index contributed by atoms with van der Waals surface area (Å²) in [6.07, 6.45) is 4.91. The van der Waals surface area contributed by atoms with Crippen LogP contribution in [0.15, 0.2) is 18.2 Å². The lowest BCUT2D eigenvalue weighted by atomic mass is 9.92. The van der Waals surface area contributed by atoms with Crippen LogP contribution in [0.25, 0.3) is 0 Å². The lowest BCUT2D eigenvalue weighted by Crippen LogP contribution is -2.29. The minimum Gasteiger partial charge on any atom is -0.491 e. The number of likely N-dealkylation sites (N-methyl/N-ethyl adjacent to an activating group) is 1. The fourth-order valence-corrected chi connectivity index (χ4v) is 2.16. The summed E-state index contributed by atoms with van der Waals surface area (Å²) in [6, 6.07) is 8.19. The van der Waals surface area contributed by atoms with E-state index in [0.717, 1.165) is 12.2 Å². The van der Waals surface area contributed by atoms with Gasteiger partial charge in [0.1, 0.15) is 18.4 Å². The molecule has 0 saturated carbocycles. The van der Waals surface area contributed by atoms with Gasteiger partial charge in [0.05, 0.1) is 6.07 Å². The van der Waals surface area contributed by atoms with Crippen molar-refractivity contribution in [3.63, 3.8) is 0 Å². The standard InChI is InChI=1S/C14H18N2O/c1-16-13(9-15)10-17-14-7-6-11-4-2-3-5-12(11)8-14/h6-8,13,16H,2-5,10H2,1H3. The van der Waals surface area contributed by atoms with E-state index in [1.165, 1.54) is 30.4 Å². The van der Waals surface area contributed by atoms with Crippen LogP contribution in [0.1, 0.15) is 24.0 Å². The zero-order chi connectivity index (χ0) is 12.1. The number of benzene rings is 1. The van der Waals surface area contributed by atoms with E-state index in [9.17, 15) is 0 Å². The molecule has 0 radical (unpaired) electrons. The Kier molecular flexibility index (Phi) is 4.00. The zero-order valence-electron chi connectivity index (χ0n) is 10.2. The molecule has 1 aliphatic rings. The summed E-state index contributed by atoms with van der Waals surface area (Å²) in [5.74, 6) is 0.876. The van der Waals surface area contributed by atoms with Gasteiger partial charge in [-0.25, -0.2) is 0 Å². The minimum atomic E-state index is -0.244. The summed E-state index contributed by atoms with van der Waals surface area (Å²) in [5.41, 5.74) is 2.86. The molecule has 0 fully saturated rings. The summed E-state index contributed by atoms with van der Waals surface area (Å²) < 4.78 is 5.63. The van der Waals surface area contributed by atoms with Gasteiger partial charge in [-0.1, -0.05) is 6.07 Å². The van der Waals surface area contributed by atoms with Crippen LogP contribution in [0.5, 0.6) is 5.75 Å². The highest BCUT2D eigenvalue weighted by molar-refractivity contribution is 5.37. The highest BCUT2D eigenvalue weighted by Crippen LogP contribution is 2.25. The minimum absolute atomic E-state index is 0.244. The van der Waals surface area contributed by atoms with Crippen molar-refractivity contribution in [3.8, 4) is 11.8 Å². The van der Waals surface area contributed by atoms with Gasteiger partial charge in [-0.15, -0.1) is 0 Å². The van der Waals surface area contributed by atoms with Gasteiger partial charge in [-0.05, 0) is 56.0 Å². The second-order valence-corrected chi connectivity index (χ2v) is 4.42. The molecule has 3 heteroatoms. The van der Waals surface area contributed by atoms with Crippen LogP contribution in [0.4, 0.5) is 0 Å². The smallest absolute Gasteiger partial charge is 0.129 e. The summed E-state index contributed by atoms with van der Waals surface area (Å²) >= 11 is 0. The van der Waals surface area contributed by atoms with E-state index in [1.54, 1.807) is 7.05 Å². The Hall–Kier alpha value is -1.53. The fraction of sp³-hybridized carbons (Fsp3) is 0.500. The van der Waals surface area contributed by atoms with Gasteiger partial charge >= 0.3 is 0 Å². The van der Waals surface area contributed by atoms with Gasteiger partial charge in [0.15, 0.2) is 0 Å². The number of aryl methyl sites for hydroxylation is 2. The molecule has 90 valence electrons. The highest BCUT2D eigenvalue weighted by atomic mass is 16.5. The van der Waals surface area contributed by atoms with Crippen molar-refractivity contribution in [1.29, 1.82) is 5.26 Å². The molecule has 0 heterocycles. The number of nitrogens with one attached hydrogen (secondary N) is 1. The third-order valence-corrected chi connectivity index (χ3v) is 3.24. The van der Waals surface area contributed by atoms with E-state index in [0.29, 0.717) is 6.61 Å². The van der Waals surface area contributed by atoms with Crippen LogP contribution in [0, 0.1) is 11.3 Å². The van der Waals surface area contributed by atoms with Gasteiger partial charge in [-0.3, -0.25) is 0 Å². The quantitative estimate of drug-likeness (QED) is 0.861. The predicted octanol–water partition coefficient (Wildman–Crippen LogP) is 2.06. The number of rotatable bonds is 4. The van der Waals surface area contributed by atoms with Gasteiger partial charge in [0.25, 0.3) is 0 Å². The van der Waals surface area contributed by atoms with E-state index in [-0.39, 0.29) is 6.04 Å². The molecule has 1 unspecified atom stereocenters. The Morgan fingerprint density at radius 3 is 2.82 bits per heavy atom. The molecule has 0 aliphatic heterocycles. The molecule has 1 aliphatic carbocycles. The average Bonchev–Trinajstić information content (AvgIpc) is 2.40. The highest BCUT2D eigenvalue weighted by Gasteiger charge is 2.10. The maximum Gasteiger partial charge on any atom is 0.129 e. The zero-order valence-corrected chi connectivity index (χ0v) is 10.2. The number of nitrogens with zero attached hydrogens (tertiary/aromatic N) is 1. The van der Waals surface area contributed by atoms with Crippen LogP contribution >= 0.6 is 0 Å². The average molecular weight is 230 g/mol. The second-order valence-electron chi connectivity index (χ2n) is 4.42. The van der Waals surface area contributed by atoms with Gasteiger partial charge in [0, 0.05) is 0 Å². The molecule has 1 atom stereocenters. The molecule has 0 amide bonds. The Morgan fingerprint density at radius 2 is 2.12 bits per heavy atom. The molecule has 0 spiro atoms. The van der Waals surface area contributed by atoms with E-state index in [2.05, 4.69) is 23.5 Å². The van der Waals surface area contributed by atoms with Gasteiger partial charge in [-0.2, -0.15) is 5.26 Å². The molecule has 0 saturated heterocycles. The number of nitriles is 1. The summed E-state index contributed by atoms with van der Waals surface area (Å²) in [4.78, 5) is 0. The fourth-order valence-electron chi connectivity index (χ4n) is 2.16. The Balaban J connectivity index is 2.00. The van der Waals surface area contributed by atoms with Crippen LogP contribution in [-0.2, 0) is 12.8 Å². The van der Waals surface area contributed by atoms with Gasteiger partial charge < -0.3 is 10.1 Å². The number of fused-ring (bicyclic) bond motifs is 1. The lowest BCUT2D eigenvalue weighted by Gasteiger charge is -2.17. The molecule has 1 N–H and O–H groups in total. The maximum atomic E-state index is 8.80. The van der Waals surface area contributed by atoms with Crippen LogP contribution < -0.4 is 10.1 Å². The Morgan fingerprint density at radius 1 is 1.35 bits per heavy atom. The maximum absolute atomic E-state index is 8.80. The molecule has 0 bridgehead atoms. The third kappa shape index (κ3) is 2.98. The van der Waals surface area contributed by atoms with Crippen molar-refractivity contribution >= 4 is 0 Å². The molecule has 0 aromatic heterocycles. The largest absolute Gasteiger partial charge is 0.491 e. The SMILES string of the molecule is CNC(C#N)COc1ccc2c(c1)CCCC2. The number of hydrogen-bond donors (Lipinski definition) is 1. The summed E-state index contributed by atoms with van der Waals surface area (Å²) in [5, 5.41) is 11.7. The van der Waals surface area contributed by atoms with Crippen molar-refractivity contribution < 1.29 is 4.74 Å². The van der Waals surface area contributed by atoms with E-state index in [1.807, 2.05) is 6.07 Å².